The molecule has 19 heavy (non-hydrogen) atoms. The van der Waals surface area contributed by atoms with Crippen molar-refractivity contribution < 1.29 is 4.79 Å². The maximum absolute atomic E-state index is 11.1. The molecule has 1 aromatic carbocycles. The predicted octanol–water partition coefficient (Wildman–Crippen LogP) is 3.09. The van der Waals surface area contributed by atoms with Crippen LogP contribution in [0.2, 0.25) is 0 Å². The molecule has 1 rings (SSSR count). The van der Waals surface area contributed by atoms with Crippen LogP contribution in [0.15, 0.2) is 35.9 Å². The van der Waals surface area contributed by atoms with Gasteiger partial charge in [-0.05, 0) is 43.0 Å². The minimum absolute atomic E-state index is 0.176. The molecule has 0 saturated heterocycles. The van der Waals surface area contributed by atoms with Crippen LogP contribution < -0.4 is 5.73 Å². The van der Waals surface area contributed by atoms with E-state index in [-0.39, 0.29) is 12.3 Å². The Kier molecular flexibility index (Phi) is 5.08. The van der Waals surface area contributed by atoms with Gasteiger partial charge >= 0.3 is 0 Å². The number of hydrogen-bond donors (Lipinski definition) is 1. The lowest BCUT2D eigenvalue weighted by molar-refractivity contribution is -0.117. The lowest BCUT2D eigenvalue weighted by atomic mass is 9.90. The highest BCUT2D eigenvalue weighted by Crippen LogP contribution is 2.29. The van der Waals surface area contributed by atoms with Gasteiger partial charge in [-0.15, -0.1) is 0 Å². The molecule has 1 aromatic rings. The second-order valence-electron chi connectivity index (χ2n) is 4.27. The fourth-order valence-corrected chi connectivity index (χ4v) is 2.09. The first-order chi connectivity index (χ1) is 9.04. The number of allylic oxidation sites excluding steroid dienone is 3. The van der Waals surface area contributed by atoms with Gasteiger partial charge in [0.15, 0.2) is 0 Å². The molecule has 0 saturated carbocycles. The van der Waals surface area contributed by atoms with Gasteiger partial charge in [0.1, 0.15) is 6.07 Å². The standard InChI is InChI=1S/C16H18N2O/c1-4-12(9-16(18)19)13(5-2)14-8-6-7-11(3)15(14)10-17/h4-8H,9H2,1-3H3,(H2,18,19)/b12-4-,13-5+. The van der Waals surface area contributed by atoms with Crippen LogP contribution >= 0.6 is 0 Å². The van der Waals surface area contributed by atoms with Gasteiger partial charge in [-0.25, -0.2) is 0 Å². The zero-order valence-corrected chi connectivity index (χ0v) is 11.5. The van der Waals surface area contributed by atoms with Crippen LogP contribution in [0, 0.1) is 18.3 Å². The van der Waals surface area contributed by atoms with Crippen LogP contribution in [0.1, 0.15) is 37.0 Å². The molecule has 0 fully saturated rings. The summed E-state index contributed by atoms with van der Waals surface area (Å²) in [6, 6.07) is 7.93. The molecule has 0 aromatic heterocycles. The van der Waals surface area contributed by atoms with Crippen molar-refractivity contribution in [3.63, 3.8) is 0 Å². The van der Waals surface area contributed by atoms with Crippen LogP contribution in [-0.2, 0) is 4.79 Å². The number of primary amides is 1. The molecule has 1 amide bonds. The number of nitrogens with zero attached hydrogens (tertiary/aromatic N) is 1. The molecule has 0 atom stereocenters. The molecule has 0 aliphatic heterocycles. The number of carbonyl (C=O) groups is 1. The van der Waals surface area contributed by atoms with Crippen LogP contribution in [0.25, 0.3) is 5.57 Å². The number of aryl methyl sites for hydroxylation is 1. The molecule has 0 radical (unpaired) electrons. The highest BCUT2D eigenvalue weighted by atomic mass is 16.1. The SMILES string of the molecule is C/C=C(CC(N)=O)\C(=C/C)c1cccc(C)c1C#N. The van der Waals surface area contributed by atoms with Gasteiger partial charge in [-0.1, -0.05) is 30.4 Å². The van der Waals surface area contributed by atoms with Crippen LogP contribution in [0.4, 0.5) is 0 Å². The number of rotatable bonds is 4. The number of carbonyl (C=O) groups excluding carboxylic acids is 1. The maximum atomic E-state index is 11.1. The summed E-state index contributed by atoms with van der Waals surface area (Å²) in [6.45, 7) is 5.66. The summed E-state index contributed by atoms with van der Waals surface area (Å²) in [5.74, 6) is -0.376. The van der Waals surface area contributed by atoms with E-state index in [0.717, 1.165) is 22.3 Å². The normalized spacial score (nSPS) is 12.1. The molecule has 98 valence electrons. The van der Waals surface area contributed by atoms with E-state index in [0.29, 0.717) is 5.56 Å². The van der Waals surface area contributed by atoms with Crippen molar-refractivity contribution >= 4 is 11.5 Å². The maximum Gasteiger partial charge on any atom is 0.221 e. The molecular formula is C16H18N2O. The molecular weight excluding hydrogens is 236 g/mol. The van der Waals surface area contributed by atoms with Crippen molar-refractivity contribution in [1.29, 1.82) is 5.26 Å². The first kappa shape index (κ1) is 14.7. The second kappa shape index (κ2) is 6.55. The number of nitrogens with two attached hydrogens (primary N) is 1. The van der Waals surface area contributed by atoms with Gasteiger partial charge < -0.3 is 5.73 Å². The van der Waals surface area contributed by atoms with Crippen molar-refractivity contribution in [2.75, 3.05) is 0 Å². The highest BCUT2D eigenvalue weighted by Gasteiger charge is 2.14. The van der Waals surface area contributed by atoms with Crippen molar-refractivity contribution in [3.8, 4) is 6.07 Å². The van der Waals surface area contributed by atoms with Crippen LogP contribution in [0.5, 0.6) is 0 Å². The average Bonchev–Trinajstić information content (AvgIpc) is 2.38. The van der Waals surface area contributed by atoms with Gasteiger partial charge in [0.25, 0.3) is 0 Å². The molecule has 0 bridgehead atoms. The first-order valence-corrected chi connectivity index (χ1v) is 6.15. The summed E-state index contributed by atoms with van der Waals surface area (Å²) in [5, 5.41) is 9.29. The third-order valence-corrected chi connectivity index (χ3v) is 3.02. The minimum atomic E-state index is -0.376. The third-order valence-electron chi connectivity index (χ3n) is 3.02. The fraction of sp³-hybridized carbons (Fsp3) is 0.250. The molecule has 3 heteroatoms. The Hall–Kier alpha value is -2.34. The number of benzene rings is 1. The Morgan fingerprint density at radius 1 is 1.37 bits per heavy atom. The van der Waals surface area contributed by atoms with E-state index in [2.05, 4.69) is 6.07 Å². The van der Waals surface area contributed by atoms with Crippen molar-refractivity contribution in [1.82, 2.24) is 0 Å². The largest absolute Gasteiger partial charge is 0.369 e. The number of hydrogen-bond acceptors (Lipinski definition) is 2. The Morgan fingerprint density at radius 3 is 2.53 bits per heavy atom. The summed E-state index contributed by atoms with van der Waals surface area (Å²) < 4.78 is 0. The first-order valence-electron chi connectivity index (χ1n) is 6.15. The topological polar surface area (TPSA) is 66.9 Å². The number of nitriles is 1. The summed E-state index contributed by atoms with van der Waals surface area (Å²) in [7, 11) is 0. The summed E-state index contributed by atoms with van der Waals surface area (Å²) in [5.41, 5.74) is 9.41. The van der Waals surface area contributed by atoms with E-state index in [1.54, 1.807) is 0 Å². The summed E-state index contributed by atoms with van der Waals surface area (Å²) >= 11 is 0. The molecule has 0 heterocycles. The number of amides is 1. The van der Waals surface area contributed by atoms with Crippen molar-refractivity contribution in [3.05, 3.63) is 52.6 Å². The summed E-state index contributed by atoms with van der Waals surface area (Å²) in [4.78, 5) is 11.1. The van der Waals surface area contributed by atoms with Gasteiger partial charge in [-0.2, -0.15) is 5.26 Å². The zero-order valence-electron chi connectivity index (χ0n) is 11.5. The van der Waals surface area contributed by atoms with E-state index < -0.39 is 0 Å². The van der Waals surface area contributed by atoms with Crippen molar-refractivity contribution in [2.45, 2.75) is 27.2 Å². The molecule has 0 aliphatic rings. The van der Waals surface area contributed by atoms with Crippen molar-refractivity contribution in [2.24, 2.45) is 5.73 Å². The highest BCUT2D eigenvalue weighted by molar-refractivity contribution is 5.89. The molecule has 3 nitrogen and oxygen atoms in total. The van der Waals surface area contributed by atoms with Gasteiger partial charge in [0, 0.05) is 0 Å². The molecule has 0 aliphatic carbocycles. The van der Waals surface area contributed by atoms with E-state index in [1.165, 1.54) is 0 Å². The van der Waals surface area contributed by atoms with E-state index in [1.807, 2.05) is 51.1 Å². The predicted molar refractivity (Wildman–Crippen MR) is 77.1 cm³/mol. The van der Waals surface area contributed by atoms with E-state index in [9.17, 15) is 10.1 Å². The Morgan fingerprint density at radius 2 is 2.05 bits per heavy atom. The van der Waals surface area contributed by atoms with Gasteiger partial charge in [0.2, 0.25) is 5.91 Å². The Balaban J connectivity index is 3.38. The second-order valence-corrected chi connectivity index (χ2v) is 4.27. The smallest absolute Gasteiger partial charge is 0.221 e. The quantitative estimate of drug-likeness (QED) is 0.839. The molecule has 0 spiro atoms. The lowest BCUT2D eigenvalue weighted by Gasteiger charge is -2.13. The Bertz CT molecular complexity index is 589. The third kappa shape index (κ3) is 3.32. The Labute approximate surface area is 114 Å². The van der Waals surface area contributed by atoms with Crippen LogP contribution in [0.3, 0.4) is 0 Å². The summed E-state index contributed by atoms with van der Waals surface area (Å²) in [6.07, 6.45) is 3.95. The average molecular weight is 254 g/mol. The van der Waals surface area contributed by atoms with Gasteiger partial charge in [-0.3, -0.25) is 4.79 Å². The molecule has 2 N–H and O–H groups in total. The fourth-order valence-electron chi connectivity index (χ4n) is 2.09. The lowest BCUT2D eigenvalue weighted by Crippen LogP contribution is -2.12. The zero-order chi connectivity index (χ0) is 14.4. The van der Waals surface area contributed by atoms with E-state index in [4.69, 9.17) is 5.73 Å². The molecule has 0 unspecified atom stereocenters. The minimum Gasteiger partial charge on any atom is -0.369 e. The van der Waals surface area contributed by atoms with Gasteiger partial charge in [0.05, 0.1) is 12.0 Å². The van der Waals surface area contributed by atoms with Crippen LogP contribution in [-0.4, -0.2) is 5.91 Å². The monoisotopic (exact) mass is 254 g/mol. The van der Waals surface area contributed by atoms with E-state index >= 15 is 0 Å².